The molecule has 0 atom stereocenters. The first kappa shape index (κ1) is 14.5. The van der Waals surface area contributed by atoms with Gasteiger partial charge in [0.25, 0.3) is 0 Å². The van der Waals surface area contributed by atoms with E-state index in [2.05, 4.69) is 41.1 Å². The molecule has 9 nitrogen and oxygen atoms in total. The van der Waals surface area contributed by atoms with E-state index in [9.17, 15) is 0 Å². The molecule has 0 spiro atoms. The van der Waals surface area contributed by atoms with Crippen LogP contribution in [-0.2, 0) is 6.54 Å². The largest absolute Gasteiger partial charge is 0.349 e. The highest BCUT2D eigenvalue weighted by Crippen LogP contribution is 2.35. The van der Waals surface area contributed by atoms with E-state index in [0.29, 0.717) is 24.1 Å². The summed E-state index contributed by atoms with van der Waals surface area (Å²) in [6.07, 6.45) is 3.47. The van der Waals surface area contributed by atoms with Crippen LogP contribution in [0.25, 0.3) is 17.1 Å². The van der Waals surface area contributed by atoms with Gasteiger partial charge in [-0.1, -0.05) is 18.2 Å². The maximum absolute atomic E-state index is 4.60. The van der Waals surface area contributed by atoms with Crippen LogP contribution in [0.3, 0.4) is 0 Å². The summed E-state index contributed by atoms with van der Waals surface area (Å²) in [5.74, 6) is 1.73. The van der Waals surface area contributed by atoms with Gasteiger partial charge in [-0.05, 0) is 34.7 Å². The van der Waals surface area contributed by atoms with E-state index >= 15 is 0 Å². The van der Waals surface area contributed by atoms with Crippen molar-refractivity contribution < 1.29 is 0 Å². The average Bonchev–Trinajstić information content (AvgIpc) is 3.13. The Morgan fingerprint density at radius 3 is 2.88 bits per heavy atom. The zero-order valence-corrected chi connectivity index (χ0v) is 13.5. The quantitative estimate of drug-likeness (QED) is 0.513. The first-order valence-electron chi connectivity index (χ1n) is 8.04. The lowest BCUT2D eigenvalue weighted by molar-refractivity contribution is 0.793. The normalized spacial score (nSPS) is 11.5. The van der Waals surface area contributed by atoms with Gasteiger partial charge in [0, 0.05) is 12.4 Å². The predicted molar refractivity (Wildman–Crippen MR) is 95.0 cm³/mol. The van der Waals surface area contributed by atoms with E-state index < -0.39 is 0 Å². The molecule has 1 aliphatic heterocycles. The van der Waals surface area contributed by atoms with Crippen molar-refractivity contribution in [3.05, 3.63) is 60.6 Å². The molecule has 3 aromatic heterocycles. The molecular formula is C17H13N9. The summed E-state index contributed by atoms with van der Waals surface area (Å²) in [5, 5.41) is 18.5. The van der Waals surface area contributed by atoms with E-state index in [1.807, 2.05) is 42.5 Å². The molecule has 0 unspecified atom stereocenters. The number of benzene rings is 1. The number of anilines is 3. The molecular weight excluding hydrogens is 330 g/mol. The highest BCUT2D eigenvalue weighted by Gasteiger charge is 2.23. The standard InChI is InChI=1S/C17H13N9/c1-2-7-14-13(6-1)21-15-12(16-23-24-25-26(14)16)10-20-17(22-15)19-9-11-5-3-4-8-18-11/h1-8,10H,9H2,(H2,19,20,21,22). The Morgan fingerprint density at radius 2 is 1.96 bits per heavy atom. The first-order chi connectivity index (χ1) is 12.9. The molecule has 0 fully saturated rings. The fourth-order valence-corrected chi connectivity index (χ4v) is 2.81. The molecule has 0 aliphatic carbocycles. The molecule has 0 amide bonds. The smallest absolute Gasteiger partial charge is 0.224 e. The van der Waals surface area contributed by atoms with Crippen LogP contribution in [-0.4, -0.2) is 35.2 Å². The maximum Gasteiger partial charge on any atom is 0.224 e. The second kappa shape index (κ2) is 5.88. The van der Waals surface area contributed by atoms with Gasteiger partial charge >= 0.3 is 0 Å². The van der Waals surface area contributed by atoms with Gasteiger partial charge in [-0.15, -0.1) is 5.10 Å². The van der Waals surface area contributed by atoms with Crippen molar-refractivity contribution in [2.24, 2.45) is 0 Å². The second-order valence-electron chi connectivity index (χ2n) is 5.69. The molecule has 4 aromatic rings. The number of hydrogen-bond acceptors (Lipinski definition) is 8. The molecule has 0 radical (unpaired) electrons. The number of nitrogens with one attached hydrogen (secondary N) is 2. The number of rotatable bonds is 3. The van der Waals surface area contributed by atoms with E-state index in [1.54, 1.807) is 17.1 Å². The van der Waals surface area contributed by atoms with Crippen molar-refractivity contribution in [1.82, 2.24) is 35.2 Å². The lowest BCUT2D eigenvalue weighted by Crippen LogP contribution is -2.07. The van der Waals surface area contributed by atoms with Gasteiger partial charge in [0.15, 0.2) is 5.82 Å². The molecule has 1 aliphatic rings. The van der Waals surface area contributed by atoms with Gasteiger partial charge in [0.05, 0.1) is 29.2 Å². The summed E-state index contributed by atoms with van der Waals surface area (Å²) >= 11 is 0. The maximum atomic E-state index is 4.60. The first-order valence-corrected chi connectivity index (χ1v) is 8.04. The molecule has 0 saturated heterocycles. The minimum Gasteiger partial charge on any atom is -0.349 e. The molecule has 2 N–H and O–H groups in total. The van der Waals surface area contributed by atoms with Crippen LogP contribution in [0.1, 0.15) is 5.69 Å². The lowest BCUT2D eigenvalue weighted by atomic mass is 10.2. The Morgan fingerprint density at radius 1 is 1.04 bits per heavy atom. The molecule has 126 valence electrons. The van der Waals surface area contributed by atoms with Crippen molar-refractivity contribution in [2.75, 3.05) is 10.6 Å². The summed E-state index contributed by atoms with van der Waals surface area (Å²) in [6.45, 7) is 0.536. The molecule has 1 aromatic carbocycles. The Bertz CT molecular complexity index is 1070. The van der Waals surface area contributed by atoms with Crippen LogP contribution in [0.5, 0.6) is 0 Å². The summed E-state index contributed by atoms with van der Waals surface area (Å²) in [4.78, 5) is 13.3. The Kier molecular flexibility index (Phi) is 3.27. The van der Waals surface area contributed by atoms with Crippen LogP contribution in [0, 0.1) is 0 Å². The fourth-order valence-electron chi connectivity index (χ4n) is 2.81. The van der Waals surface area contributed by atoms with Gasteiger partial charge < -0.3 is 10.6 Å². The number of hydrogen-bond donors (Lipinski definition) is 2. The molecule has 4 heterocycles. The average molecular weight is 343 g/mol. The predicted octanol–water partition coefficient (Wildman–Crippen LogP) is 2.18. The minimum atomic E-state index is 0.500. The summed E-state index contributed by atoms with van der Waals surface area (Å²) in [6, 6.07) is 13.6. The second-order valence-corrected chi connectivity index (χ2v) is 5.69. The summed E-state index contributed by atoms with van der Waals surface area (Å²) in [5.41, 5.74) is 3.37. The number of tetrazole rings is 1. The topological polar surface area (TPSA) is 106 Å². The zero-order chi connectivity index (χ0) is 17.3. The van der Waals surface area contributed by atoms with E-state index in [1.165, 1.54) is 0 Å². The highest BCUT2D eigenvalue weighted by molar-refractivity contribution is 5.81. The Balaban J connectivity index is 1.53. The third-order valence-electron chi connectivity index (χ3n) is 4.04. The third kappa shape index (κ3) is 2.42. The number of para-hydroxylation sites is 2. The summed E-state index contributed by atoms with van der Waals surface area (Å²) < 4.78 is 1.68. The van der Waals surface area contributed by atoms with Crippen molar-refractivity contribution in [3.8, 4) is 17.1 Å². The molecule has 0 saturated carbocycles. The summed E-state index contributed by atoms with van der Waals surface area (Å²) in [7, 11) is 0. The minimum absolute atomic E-state index is 0.500. The van der Waals surface area contributed by atoms with E-state index in [-0.39, 0.29) is 0 Å². The fraction of sp³-hybridized carbons (Fsp3) is 0.0588. The van der Waals surface area contributed by atoms with Gasteiger partial charge in [0.2, 0.25) is 5.95 Å². The third-order valence-corrected chi connectivity index (χ3v) is 4.04. The number of nitrogens with zero attached hydrogens (tertiary/aromatic N) is 7. The monoisotopic (exact) mass is 343 g/mol. The number of pyridine rings is 1. The zero-order valence-electron chi connectivity index (χ0n) is 13.5. The van der Waals surface area contributed by atoms with Gasteiger partial charge in [-0.2, -0.15) is 9.67 Å². The Hall–Kier alpha value is -3.88. The number of aromatic nitrogens is 7. The van der Waals surface area contributed by atoms with Crippen LogP contribution in [0.2, 0.25) is 0 Å². The SMILES string of the molecule is c1ccc(CNc2ncc3c(n2)Nc2ccccc2-n2nnnc2-3)nc1. The van der Waals surface area contributed by atoms with Crippen molar-refractivity contribution in [3.63, 3.8) is 0 Å². The Labute approximate surface area is 148 Å². The van der Waals surface area contributed by atoms with Gasteiger partial charge in [0.1, 0.15) is 5.82 Å². The van der Waals surface area contributed by atoms with Crippen molar-refractivity contribution in [1.29, 1.82) is 0 Å². The van der Waals surface area contributed by atoms with Crippen molar-refractivity contribution >= 4 is 17.5 Å². The lowest BCUT2D eigenvalue weighted by Gasteiger charge is -2.10. The van der Waals surface area contributed by atoms with Crippen molar-refractivity contribution in [2.45, 2.75) is 6.54 Å². The van der Waals surface area contributed by atoms with Crippen LogP contribution < -0.4 is 10.6 Å². The molecule has 5 rings (SSSR count). The molecule has 0 bridgehead atoms. The van der Waals surface area contributed by atoms with E-state index in [0.717, 1.165) is 22.6 Å². The van der Waals surface area contributed by atoms with Gasteiger partial charge in [-0.25, -0.2) is 4.98 Å². The van der Waals surface area contributed by atoms with Crippen LogP contribution in [0.15, 0.2) is 54.9 Å². The molecule has 9 heteroatoms. The molecule has 26 heavy (non-hydrogen) atoms. The van der Waals surface area contributed by atoms with E-state index in [4.69, 9.17) is 0 Å². The highest BCUT2D eigenvalue weighted by atomic mass is 15.5. The van der Waals surface area contributed by atoms with Crippen LogP contribution in [0.4, 0.5) is 17.5 Å². The van der Waals surface area contributed by atoms with Crippen LogP contribution >= 0.6 is 0 Å². The number of fused-ring (bicyclic) bond motifs is 5. The van der Waals surface area contributed by atoms with Gasteiger partial charge in [-0.3, -0.25) is 4.98 Å².